The van der Waals surface area contributed by atoms with Crippen LogP contribution in [0.25, 0.3) is 0 Å². The minimum atomic E-state index is -0.523. The Morgan fingerprint density at radius 3 is 3.00 bits per heavy atom. The van der Waals surface area contributed by atoms with Crippen molar-refractivity contribution in [2.45, 2.75) is 19.4 Å². The zero-order valence-corrected chi connectivity index (χ0v) is 13.4. The first-order valence-corrected chi connectivity index (χ1v) is 7.55. The average molecular weight is 360 g/mol. The molecule has 0 amide bonds. The number of carbonyl (C=O) groups is 1. The molecule has 1 aliphatic rings. The lowest BCUT2D eigenvalue weighted by Crippen LogP contribution is -2.28. The Hall–Kier alpha value is -1.41. The fourth-order valence-corrected chi connectivity index (χ4v) is 2.13. The quantitative estimate of drug-likeness (QED) is 0.551. The molecule has 1 aliphatic carbocycles. The van der Waals surface area contributed by atoms with Gasteiger partial charge in [0.05, 0.1) is 25.6 Å². The van der Waals surface area contributed by atoms with Crippen LogP contribution in [0.3, 0.4) is 0 Å². The summed E-state index contributed by atoms with van der Waals surface area (Å²) in [4.78, 5) is 23.2. The molecule has 0 aliphatic heterocycles. The summed E-state index contributed by atoms with van der Waals surface area (Å²) in [7, 11) is 1.26. The number of aromatic nitrogens is 2. The molecule has 0 bridgehead atoms. The molecule has 0 spiro atoms. The van der Waals surface area contributed by atoms with E-state index in [1.54, 1.807) is 0 Å². The smallest absolute Gasteiger partial charge is 0.327 e. The van der Waals surface area contributed by atoms with Gasteiger partial charge in [0.2, 0.25) is 0 Å². The molecule has 21 heavy (non-hydrogen) atoms. The van der Waals surface area contributed by atoms with E-state index in [4.69, 9.17) is 4.74 Å². The molecule has 0 saturated heterocycles. The van der Waals surface area contributed by atoms with Gasteiger partial charge in [0.15, 0.2) is 0 Å². The van der Waals surface area contributed by atoms with Gasteiger partial charge in [-0.05, 0) is 34.7 Å². The summed E-state index contributed by atoms with van der Waals surface area (Å²) in [5.74, 6) is 0.214. The van der Waals surface area contributed by atoms with E-state index in [9.17, 15) is 9.59 Å². The number of hydrogen-bond acceptors (Lipinski definition) is 6. The van der Waals surface area contributed by atoms with E-state index in [0.717, 1.165) is 17.2 Å². The molecule has 0 aromatic carbocycles. The van der Waals surface area contributed by atoms with Crippen LogP contribution >= 0.6 is 15.9 Å². The van der Waals surface area contributed by atoms with E-state index in [1.807, 2.05) is 0 Å². The number of hydrogen-bond donors (Lipinski definition) is 1. The van der Waals surface area contributed by atoms with Gasteiger partial charge in [0, 0.05) is 13.2 Å². The molecule has 1 fully saturated rings. The molecule has 1 N–H and O–H groups in total. The van der Waals surface area contributed by atoms with Crippen molar-refractivity contribution in [2.24, 2.45) is 5.92 Å². The maximum absolute atomic E-state index is 12.0. The minimum Gasteiger partial charge on any atom is -0.468 e. The normalized spacial score (nSPS) is 14.0. The average Bonchev–Trinajstić information content (AvgIpc) is 3.29. The number of nitrogens with one attached hydrogen (secondary N) is 1. The van der Waals surface area contributed by atoms with Gasteiger partial charge in [0.1, 0.15) is 11.0 Å². The first-order valence-electron chi connectivity index (χ1n) is 6.76. The number of anilines is 1. The highest BCUT2D eigenvalue weighted by Crippen LogP contribution is 2.28. The lowest BCUT2D eigenvalue weighted by Gasteiger charge is -2.10. The molecule has 0 atom stereocenters. The Kier molecular flexibility index (Phi) is 5.75. The number of esters is 1. The topological polar surface area (TPSA) is 82.5 Å². The van der Waals surface area contributed by atoms with Crippen LogP contribution in [0.15, 0.2) is 15.5 Å². The van der Waals surface area contributed by atoms with Gasteiger partial charge in [-0.1, -0.05) is 0 Å². The number of rotatable bonds is 8. The van der Waals surface area contributed by atoms with Gasteiger partial charge in [-0.2, -0.15) is 5.10 Å². The molecule has 1 heterocycles. The number of carbonyl (C=O) groups excluding carboxylic acids is 1. The predicted molar refractivity (Wildman–Crippen MR) is 80.2 cm³/mol. The zero-order chi connectivity index (χ0) is 15.2. The van der Waals surface area contributed by atoms with Crippen LogP contribution in [0.1, 0.15) is 12.8 Å². The van der Waals surface area contributed by atoms with Crippen LogP contribution in [0, 0.1) is 5.92 Å². The first-order chi connectivity index (χ1) is 10.1. The van der Waals surface area contributed by atoms with E-state index in [1.165, 1.54) is 26.1 Å². The molecular weight excluding hydrogens is 342 g/mol. The van der Waals surface area contributed by atoms with Crippen LogP contribution in [0.2, 0.25) is 0 Å². The molecule has 7 nitrogen and oxygen atoms in total. The lowest BCUT2D eigenvalue weighted by molar-refractivity contribution is -0.141. The summed E-state index contributed by atoms with van der Waals surface area (Å²) in [6.45, 7) is 1.77. The lowest BCUT2D eigenvalue weighted by atomic mass is 10.4. The maximum Gasteiger partial charge on any atom is 0.327 e. The molecule has 0 radical (unpaired) electrons. The fourth-order valence-electron chi connectivity index (χ4n) is 1.68. The molecule has 0 unspecified atom stereocenters. The molecule has 1 aromatic heterocycles. The Morgan fingerprint density at radius 2 is 2.33 bits per heavy atom. The fraction of sp³-hybridized carbons (Fsp3) is 0.615. The van der Waals surface area contributed by atoms with Crippen LogP contribution in [0.4, 0.5) is 5.69 Å². The minimum absolute atomic E-state index is 0.210. The second-order valence-electron chi connectivity index (χ2n) is 4.86. The maximum atomic E-state index is 12.0. The van der Waals surface area contributed by atoms with Crippen LogP contribution in [-0.4, -0.2) is 42.6 Å². The number of methoxy groups -OCH3 is 1. The summed E-state index contributed by atoms with van der Waals surface area (Å²) < 4.78 is 11.4. The van der Waals surface area contributed by atoms with Crippen molar-refractivity contribution in [2.75, 3.05) is 32.2 Å². The van der Waals surface area contributed by atoms with Crippen molar-refractivity contribution in [3.05, 3.63) is 21.0 Å². The Balaban J connectivity index is 1.86. The summed E-state index contributed by atoms with van der Waals surface area (Å²) in [6, 6.07) is 0. The summed E-state index contributed by atoms with van der Waals surface area (Å²) in [5.41, 5.74) is 0.195. The third-order valence-electron chi connectivity index (χ3n) is 3.10. The SMILES string of the molecule is COC(=O)Cn1ncc(NCCOCC2CC2)c(Br)c1=O. The van der Waals surface area contributed by atoms with Crippen molar-refractivity contribution in [3.8, 4) is 0 Å². The van der Waals surface area contributed by atoms with Gasteiger partial charge in [0.25, 0.3) is 5.56 Å². The summed E-state index contributed by atoms with van der Waals surface area (Å²) in [6.07, 6.45) is 4.03. The third kappa shape index (κ3) is 4.82. The van der Waals surface area contributed by atoms with Crippen molar-refractivity contribution >= 4 is 27.6 Å². The highest BCUT2D eigenvalue weighted by Gasteiger charge is 2.20. The third-order valence-corrected chi connectivity index (χ3v) is 3.87. The van der Waals surface area contributed by atoms with Gasteiger partial charge >= 0.3 is 5.97 Å². The van der Waals surface area contributed by atoms with Crippen LogP contribution < -0.4 is 10.9 Å². The molecule has 116 valence electrons. The Morgan fingerprint density at radius 1 is 1.57 bits per heavy atom. The van der Waals surface area contributed by atoms with E-state index >= 15 is 0 Å². The summed E-state index contributed by atoms with van der Waals surface area (Å²) in [5, 5.41) is 7.01. The zero-order valence-electron chi connectivity index (χ0n) is 11.8. The van der Waals surface area contributed by atoms with Crippen LogP contribution in [0.5, 0.6) is 0 Å². The molecule has 1 aromatic rings. The predicted octanol–water partition coefficient (Wildman–Crippen LogP) is 1.02. The monoisotopic (exact) mass is 359 g/mol. The second kappa shape index (κ2) is 7.56. The van der Waals surface area contributed by atoms with Gasteiger partial charge in [-0.3, -0.25) is 9.59 Å². The standard InChI is InChI=1S/C13H18BrN3O4/c1-20-11(18)7-17-13(19)12(14)10(6-16-17)15-4-5-21-8-9-2-3-9/h6,9,15H,2-5,7-8H2,1H3. The van der Waals surface area contributed by atoms with E-state index < -0.39 is 5.97 Å². The van der Waals surface area contributed by atoms with E-state index in [0.29, 0.717) is 23.3 Å². The molecule has 8 heteroatoms. The Labute approximate surface area is 130 Å². The van der Waals surface area contributed by atoms with Crippen molar-refractivity contribution in [3.63, 3.8) is 0 Å². The highest BCUT2D eigenvalue weighted by molar-refractivity contribution is 9.10. The van der Waals surface area contributed by atoms with E-state index in [-0.39, 0.29) is 12.1 Å². The van der Waals surface area contributed by atoms with Crippen LogP contribution in [-0.2, 0) is 20.8 Å². The summed E-state index contributed by atoms with van der Waals surface area (Å²) >= 11 is 3.22. The largest absolute Gasteiger partial charge is 0.468 e. The van der Waals surface area contributed by atoms with Gasteiger partial charge < -0.3 is 14.8 Å². The van der Waals surface area contributed by atoms with Gasteiger partial charge in [-0.15, -0.1) is 0 Å². The molecule has 2 rings (SSSR count). The number of halogens is 1. The molecule has 1 saturated carbocycles. The van der Waals surface area contributed by atoms with Crippen molar-refractivity contribution in [1.29, 1.82) is 0 Å². The highest BCUT2D eigenvalue weighted by atomic mass is 79.9. The first kappa shape index (κ1) is 16.0. The Bertz CT molecular complexity index is 557. The van der Waals surface area contributed by atoms with Crippen molar-refractivity contribution in [1.82, 2.24) is 9.78 Å². The van der Waals surface area contributed by atoms with E-state index in [2.05, 4.69) is 31.1 Å². The number of nitrogens with zero attached hydrogens (tertiary/aromatic N) is 2. The molecular formula is C13H18BrN3O4. The van der Waals surface area contributed by atoms with Crippen molar-refractivity contribution < 1.29 is 14.3 Å². The van der Waals surface area contributed by atoms with Gasteiger partial charge in [-0.25, -0.2) is 4.68 Å². The second-order valence-corrected chi connectivity index (χ2v) is 5.65. The number of ether oxygens (including phenoxy) is 2.